The van der Waals surface area contributed by atoms with Crippen LogP contribution in [0.4, 0.5) is 5.69 Å². The molecular weight excluding hydrogens is 260 g/mol. The van der Waals surface area contributed by atoms with E-state index in [1.807, 2.05) is 37.1 Å². The molecule has 1 aliphatic rings. The predicted octanol–water partition coefficient (Wildman–Crippen LogP) is 3.34. The van der Waals surface area contributed by atoms with Crippen molar-refractivity contribution in [2.75, 3.05) is 12.8 Å². The summed E-state index contributed by atoms with van der Waals surface area (Å²) in [4.78, 5) is 14.6. The van der Waals surface area contributed by atoms with Crippen LogP contribution in [0.2, 0.25) is 0 Å². The SMILES string of the molecule is Cc1ccc(N)c(C(=O)N(C)C2CCc3ccccc32)c1. The predicted molar refractivity (Wildman–Crippen MR) is 85.2 cm³/mol. The van der Waals surface area contributed by atoms with E-state index >= 15 is 0 Å². The van der Waals surface area contributed by atoms with Crippen molar-refractivity contribution < 1.29 is 4.79 Å². The number of fused-ring (bicyclic) bond motifs is 1. The lowest BCUT2D eigenvalue weighted by atomic mass is 10.0. The number of rotatable bonds is 2. The van der Waals surface area contributed by atoms with E-state index in [0.29, 0.717) is 11.3 Å². The van der Waals surface area contributed by atoms with Gasteiger partial charge in [0.15, 0.2) is 0 Å². The van der Waals surface area contributed by atoms with Crippen molar-refractivity contribution >= 4 is 11.6 Å². The summed E-state index contributed by atoms with van der Waals surface area (Å²) < 4.78 is 0. The van der Waals surface area contributed by atoms with E-state index in [9.17, 15) is 4.79 Å². The third-order valence-electron chi connectivity index (χ3n) is 4.33. The molecule has 0 spiro atoms. The van der Waals surface area contributed by atoms with Crippen molar-refractivity contribution in [2.24, 2.45) is 0 Å². The minimum absolute atomic E-state index is 0.00194. The third-order valence-corrected chi connectivity index (χ3v) is 4.33. The maximum atomic E-state index is 12.8. The monoisotopic (exact) mass is 280 g/mol. The highest BCUT2D eigenvalue weighted by molar-refractivity contribution is 5.99. The number of nitrogens with zero attached hydrogens (tertiary/aromatic N) is 1. The Morgan fingerprint density at radius 1 is 1.24 bits per heavy atom. The first-order valence-electron chi connectivity index (χ1n) is 7.29. The first kappa shape index (κ1) is 13.7. The molecule has 0 fully saturated rings. The zero-order valence-corrected chi connectivity index (χ0v) is 12.5. The molecule has 2 aromatic rings. The van der Waals surface area contributed by atoms with Gasteiger partial charge in [0, 0.05) is 12.7 Å². The minimum atomic E-state index is -0.00194. The van der Waals surface area contributed by atoms with Crippen molar-refractivity contribution in [3.8, 4) is 0 Å². The summed E-state index contributed by atoms with van der Waals surface area (Å²) in [6, 6.07) is 14.1. The molecule has 2 aromatic carbocycles. The highest BCUT2D eigenvalue weighted by Crippen LogP contribution is 2.35. The Morgan fingerprint density at radius 3 is 2.81 bits per heavy atom. The molecule has 0 aliphatic heterocycles. The lowest BCUT2D eigenvalue weighted by Gasteiger charge is -2.26. The van der Waals surface area contributed by atoms with Gasteiger partial charge in [0.25, 0.3) is 5.91 Å². The van der Waals surface area contributed by atoms with Gasteiger partial charge in [-0.15, -0.1) is 0 Å². The number of nitrogens with two attached hydrogens (primary N) is 1. The second kappa shape index (κ2) is 5.24. The number of aryl methyl sites for hydroxylation is 2. The maximum Gasteiger partial charge on any atom is 0.256 e. The van der Waals surface area contributed by atoms with Crippen LogP contribution in [0.1, 0.15) is 39.5 Å². The average Bonchev–Trinajstić information content (AvgIpc) is 2.92. The number of amides is 1. The van der Waals surface area contributed by atoms with Gasteiger partial charge in [-0.25, -0.2) is 0 Å². The minimum Gasteiger partial charge on any atom is -0.398 e. The van der Waals surface area contributed by atoms with Crippen molar-refractivity contribution in [3.63, 3.8) is 0 Å². The number of benzene rings is 2. The Hall–Kier alpha value is -2.29. The first-order chi connectivity index (χ1) is 10.1. The van der Waals surface area contributed by atoms with E-state index in [1.165, 1.54) is 11.1 Å². The largest absolute Gasteiger partial charge is 0.398 e. The summed E-state index contributed by atoms with van der Waals surface area (Å²) >= 11 is 0. The second-order valence-electron chi connectivity index (χ2n) is 5.76. The summed E-state index contributed by atoms with van der Waals surface area (Å²) in [7, 11) is 1.87. The average molecular weight is 280 g/mol. The molecule has 108 valence electrons. The van der Waals surface area contributed by atoms with Crippen LogP contribution in [0.5, 0.6) is 0 Å². The lowest BCUT2D eigenvalue weighted by Crippen LogP contribution is -2.30. The summed E-state index contributed by atoms with van der Waals surface area (Å²) in [6.45, 7) is 1.97. The maximum absolute atomic E-state index is 12.8. The van der Waals surface area contributed by atoms with Crippen LogP contribution in [-0.4, -0.2) is 17.9 Å². The molecule has 0 heterocycles. The van der Waals surface area contributed by atoms with E-state index in [0.717, 1.165) is 18.4 Å². The molecule has 0 saturated heterocycles. The summed E-state index contributed by atoms with van der Waals surface area (Å²) in [5, 5.41) is 0. The molecule has 1 atom stereocenters. The van der Waals surface area contributed by atoms with Crippen LogP contribution >= 0.6 is 0 Å². The molecule has 3 heteroatoms. The normalized spacial score (nSPS) is 16.6. The number of nitrogen functional groups attached to an aromatic ring is 1. The van der Waals surface area contributed by atoms with Crippen LogP contribution in [-0.2, 0) is 6.42 Å². The van der Waals surface area contributed by atoms with Gasteiger partial charge >= 0.3 is 0 Å². The number of hydrogen-bond donors (Lipinski definition) is 1. The lowest BCUT2D eigenvalue weighted by molar-refractivity contribution is 0.0731. The van der Waals surface area contributed by atoms with Gasteiger partial charge in [-0.2, -0.15) is 0 Å². The Labute approximate surface area is 125 Å². The van der Waals surface area contributed by atoms with Crippen molar-refractivity contribution in [2.45, 2.75) is 25.8 Å². The fraction of sp³-hybridized carbons (Fsp3) is 0.278. The van der Waals surface area contributed by atoms with Gasteiger partial charge in [0.1, 0.15) is 0 Å². The van der Waals surface area contributed by atoms with Crippen molar-refractivity contribution in [3.05, 3.63) is 64.7 Å². The fourth-order valence-corrected chi connectivity index (χ4v) is 3.12. The third kappa shape index (κ3) is 2.40. The number of hydrogen-bond acceptors (Lipinski definition) is 2. The Kier molecular flexibility index (Phi) is 3.42. The van der Waals surface area contributed by atoms with Gasteiger partial charge in [-0.1, -0.05) is 35.9 Å². The highest BCUT2D eigenvalue weighted by atomic mass is 16.2. The van der Waals surface area contributed by atoms with Crippen molar-refractivity contribution in [1.82, 2.24) is 4.90 Å². The molecule has 1 unspecified atom stereocenters. The van der Waals surface area contributed by atoms with E-state index < -0.39 is 0 Å². The molecule has 3 nitrogen and oxygen atoms in total. The molecule has 21 heavy (non-hydrogen) atoms. The number of anilines is 1. The summed E-state index contributed by atoms with van der Waals surface area (Å²) in [6.07, 6.45) is 2.01. The zero-order valence-electron chi connectivity index (χ0n) is 12.5. The van der Waals surface area contributed by atoms with Gasteiger partial charge < -0.3 is 10.6 Å². The molecule has 3 rings (SSSR count). The quantitative estimate of drug-likeness (QED) is 0.858. The van der Waals surface area contributed by atoms with Crippen LogP contribution < -0.4 is 5.73 Å². The smallest absolute Gasteiger partial charge is 0.256 e. The topological polar surface area (TPSA) is 46.3 Å². The van der Waals surface area contributed by atoms with Crippen LogP contribution in [0.3, 0.4) is 0 Å². The highest BCUT2D eigenvalue weighted by Gasteiger charge is 2.29. The molecule has 2 N–H and O–H groups in total. The number of carbonyl (C=O) groups is 1. The van der Waals surface area contributed by atoms with Gasteiger partial charge in [0.2, 0.25) is 0 Å². The molecule has 0 aromatic heterocycles. The molecule has 0 radical (unpaired) electrons. The fourth-order valence-electron chi connectivity index (χ4n) is 3.12. The van der Waals surface area contributed by atoms with Crippen LogP contribution in [0.25, 0.3) is 0 Å². The van der Waals surface area contributed by atoms with Crippen LogP contribution in [0.15, 0.2) is 42.5 Å². The van der Waals surface area contributed by atoms with Gasteiger partial charge in [0.05, 0.1) is 11.6 Å². The van der Waals surface area contributed by atoms with Gasteiger partial charge in [-0.05, 0) is 43.0 Å². The Bertz CT molecular complexity index is 693. The molecule has 0 bridgehead atoms. The summed E-state index contributed by atoms with van der Waals surface area (Å²) in [5.74, 6) is -0.00194. The molecular formula is C18H20N2O. The van der Waals surface area contributed by atoms with E-state index in [1.54, 1.807) is 6.07 Å². The second-order valence-corrected chi connectivity index (χ2v) is 5.76. The Morgan fingerprint density at radius 2 is 2.00 bits per heavy atom. The van der Waals surface area contributed by atoms with Crippen molar-refractivity contribution in [1.29, 1.82) is 0 Å². The van der Waals surface area contributed by atoms with E-state index in [-0.39, 0.29) is 11.9 Å². The summed E-state index contributed by atoms with van der Waals surface area (Å²) in [5.41, 5.74) is 10.8. The van der Waals surface area contributed by atoms with Crippen LogP contribution in [0, 0.1) is 6.92 Å². The Balaban J connectivity index is 1.91. The number of carbonyl (C=O) groups excluding carboxylic acids is 1. The zero-order chi connectivity index (χ0) is 15.0. The molecule has 1 amide bonds. The first-order valence-corrected chi connectivity index (χ1v) is 7.29. The van der Waals surface area contributed by atoms with E-state index in [2.05, 4.69) is 18.2 Å². The standard InChI is InChI=1S/C18H20N2O/c1-12-7-9-16(19)15(11-12)18(21)20(2)17-10-8-13-5-3-4-6-14(13)17/h3-7,9,11,17H,8,10,19H2,1-2H3. The molecule has 0 saturated carbocycles. The van der Waals surface area contributed by atoms with E-state index in [4.69, 9.17) is 5.73 Å². The molecule has 1 aliphatic carbocycles. The van der Waals surface area contributed by atoms with Gasteiger partial charge in [-0.3, -0.25) is 4.79 Å².